The Bertz CT molecular complexity index is 810. The molecule has 2 rings (SSSR count). The molecule has 0 fully saturated rings. The second kappa shape index (κ2) is 8.99. The molecule has 1 aromatic carbocycles. The van der Waals surface area contributed by atoms with E-state index < -0.39 is 7.60 Å². The van der Waals surface area contributed by atoms with Crippen molar-refractivity contribution in [3.63, 3.8) is 0 Å². The summed E-state index contributed by atoms with van der Waals surface area (Å²) >= 11 is 0. The van der Waals surface area contributed by atoms with Crippen LogP contribution < -0.4 is 4.74 Å². The summed E-state index contributed by atoms with van der Waals surface area (Å²) < 4.78 is 29.7. The third-order valence-electron chi connectivity index (χ3n) is 3.66. The fourth-order valence-corrected chi connectivity index (χ4v) is 4.31. The van der Waals surface area contributed by atoms with Gasteiger partial charge in [-0.05, 0) is 56.2 Å². The lowest BCUT2D eigenvalue weighted by Gasteiger charge is -2.20. The van der Waals surface area contributed by atoms with Gasteiger partial charge in [0.05, 0.1) is 25.6 Å². The van der Waals surface area contributed by atoms with Crippen LogP contribution in [0.1, 0.15) is 30.5 Å². The molecule has 1 aromatic heterocycles. The van der Waals surface area contributed by atoms with Gasteiger partial charge in [-0.25, -0.2) is 0 Å². The Balaban J connectivity index is 2.66. The molecule has 1 heterocycles. The van der Waals surface area contributed by atoms with E-state index in [1.54, 1.807) is 63.5 Å². The molecule has 0 unspecified atom stereocenters. The number of phenolic OH excluding ortho intramolecular Hbond substituents is 1. The summed E-state index contributed by atoms with van der Waals surface area (Å²) in [6.07, 6.45) is 4.97. The number of benzene rings is 1. The van der Waals surface area contributed by atoms with Gasteiger partial charge in [-0.15, -0.1) is 0 Å². The molecule has 0 bridgehead atoms. The molecular formula is C19H24NO5P. The van der Waals surface area contributed by atoms with Crippen LogP contribution in [0.25, 0.3) is 11.4 Å². The van der Waals surface area contributed by atoms with E-state index in [0.29, 0.717) is 27.8 Å². The number of methoxy groups -OCH3 is 1. The van der Waals surface area contributed by atoms with E-state index in [0.717, 1.165) is 0 Å². The molecule has 2 aromatic rings. The van der Waals surface area contributed by atoms with Crippen LogP contribution in [0, 0.1) is 6.92 Å². The standard InChI is InChI=1S/C19H24NO5P/c1-5-24-26(22,25-6-2)18(16-8-7-9-20-13-16)12-15-10-14(3)19(21)17(11-15)23-4/h7-13,21H,5-6H2,1-4H3. The van der Waals surface area contributed by atoms with Crippen molar-refractivity contribution in [1.29, 1.82) is 0 Å². The molecule has 0 spiro atoms. The molecule has 0 aliphatic carbocycles. The highest BCUT2D eigenvalue weighted by Gasteiger charge is 2.31. The number of ether oxygens (including phenoxy) is 1. The van der Waals surface area contributed by atoms with Crippen molar-refractivity contribution >= 4 is 19.0 Å². The van der Waals surface area contributed by atoms with Crippen LogP contribution in [0.2, 0.25) is 0 Å². The Morgan fingerprint density at radius 3 is 2.50 bits per heavy atom. The van der Waals surface area contributed by atoms with Crippen molar-refractivity contribution in [1.82, 2.24) is 4.98 Å². The number of aromatic nitrogens is 1. The highest BCUT2D eigenvalue weighted by molar-refractivity contribution is 7.65. The first-order valence-corrected chi connectivity index (χ1v) is 9.88. The zero-order valence-electron chi connectivity index (χ0n) is 15.4. The fourth-order valence-electron chi connectivity index (χ4n) is 2.52. The highest BCUT2D eigenvalue weighted by atomic mass is 31.2. The average Bonchev–Trinajstić information content (AvgIpc) is 2.63. The zero-order valence-corrected chi connectivity index (χ0v) is 16.3. The lowest BCUT2D eigenvalue weighted by molar-refractivity contribution is 0.231. The molecule has 0 aliphatic rings. The average molecular weight is 377 g/mol. The quantitative estimate of drug-likeness (QED) is 0.662. The summed E-state index contributed by atoms with van der Waals surface area (Å²) in [5.74, 6) is 0.412. The summed E-state index contributed by atoms with van der Waals surface area (Å²) in [6.45, 7) is 5.78. The number of nitrogens with zero attached hydrogens (tertiary/aromatic N) is 1. The Labute approximate surface area is 154 Å². The molecule has 0 saturated carbocycles. The van der Waals surface area contributed by atoms with E-state index in [4.69, 9.17) is 13.8 Å². The Hall–Kier alpha value is -2.14. The predicted octanol–water partition coefficient (Wildman–Crippen LogP) is 4.87. The molecule has 140 valence electrons. The lowest BCUT2D eigenvalue weighted by Crippen LogP contribution is -1.99. The smallest absolute Gasteiger partial charge is 0.361 e. The van der Waals surface area contributed by atoms with Crippen LogP contribution in [0.4, 0.5) is 0 Å². The van der Waals surface area contributed by atoms with E-state index in [9.17, 15) is 9.67 Å². The molecular weight excluding hydrogens is 353 g/mol. The van der Waals surface area contributed by atoms with E-state index >= 15 is 0 Å². The van der Waals surface area contributed by atoms with Gasteiger partial charge in [0, 0.05) is 18.0 Å². The second-order valence-corrected chi connectivity index (χ2v) is 7.49. The maximum Gasteiger partial charge on any atom is 0.361 e. The number of hydrogen-bond donors (Lipinski definition) is 1. The fraction of sp³-hybridized carbons (Fsp3) is 0.316. The van der Waals surface area contributed by atoms with Gasteiger partial charge in [0.25, 0.3) is 0 Å². The third kappa shape index (κ3) is 4.52. The first kappa shape index (κ1) is 20.2. The number of rotatable bonds is 8. The van der Waals surface area contributed by atoms with Crippen molar-refractivity contribution in [3.05, 3.63) is 53.3 Å². The summed E-state index contributed by atoms with van der Waals surface area (Å²) in [7, 11) is -2.07. The van der Waals surface area contributed by atoms with Gasteiger partial charge >= 0.3 is 7.60 Å². The summed E-state index contributed by atoms with van der Waals surface area (Å²) in [5.41, 5.74) is 1.99. The summed E-state index contributed by atoms with van der Waals surface area (Å²) in [6, 6.07) is 7.00. The monoisotopic (exact) mass is 377 g/mol. The van der Waals surface area contributed by atoms with E-state index in [-0.39, 0.29) is 19.0 Å². The first-order chi connectivity index (χ1) is 12.4. The van der Waals surface area contributed by atoms with Crippen LogP contribution in [-0.2, 0) is 13.6 Å². The lowest BCUT2D eigenvalue weighted by atomic mass is 10.1. The van der Waals surface area contributed by atoms with Crippen molar-refractivity contribution in [2.24, 2.45) is 0 Å². The second-order valence-electron chi connectivity index (χ2n) is 5.49. The van der Waals surface area contributed by atoms with E-state index in [1.165, 1.54) is 7.11 Å². The number of pyridine rings is 1. The molecule has 0 radical (unpaired) electrons. The zero-order chi connectivity index (χ0) is 19.2. The molecule has 7 heteroatoms. The predicted molar refractivity (Wildman–Crippen MR) is 102 cm³/mol. The van der Waals surface area contributed by atoms with Crippen LogP contribution in [-0.4, -0.2) is 30.4 Å². The number of hydrogen-bond acceptors (Lipinski definition) is 6. The van der Waals surface area contributed by atoms with Crippen LogP contribution >= 0.6 is 7.60 Å². The summed E-state index contributed by atoms with van der Waals surface area (Å²) in [5, 5.41) is 10.4. The van der Waals surface area contributed by atoms with Crippen LogP contribution in [0.5, 0.6) is 11.5 Å². The minimum absolute atomic E-state index is 0.0744. The molecule has 0 aliphatic heterocycles. The molecule has 26 heavy (non-hydrogen) atoms. The normalized spacial score (nSPS) is 12.2. The Morgan fingerprint density at radius 2 is 1.96 bits per heavy atom. The minimum atomic E-state index is -3.55. The van der Waals surface area contributed by atoms with Gasteiger partial charge in [0.15, 0.2) is 11.5 Å². The Kier molecular flexibility index (Phi) is 6.98. The van der Waals surface area contributed by atoms with Gasteiger partial charge < -0.3 is 18.9 Å². The third-order valence-corrected chi connectivity index (χ3v) is 5.84. The van der Waals surface area contributed by atoms with Crippen LogP contribution in [0.3, 0.4) is 0 Å². The van der Waals surface area contributed by atoms with Gasteiger partial charge in [0.1, 0.15) is 0 Å². The Morgan fingerprint density at radius 1 is 1.27 bits per heavy atom. The molecule has 6 nitrogen and oxygen atoms in total. The molecule has 0 atom stereocenters. The van der Waals surface area contributed by atoms with Gasteiger partial charge in [-0.3, -0.25) is 9.55 Å². The topological polar surface area (TPSA) is 77.9 Å². The molecule has 0 saturated heterocycles. The van der Waals surface area contributed by atoms with Crippen molar-refractivity contribution in [2.45, 2.75) is 20.8 Å². The molecule has 1 N–H and O–H groups in total. The maximum absolute atomic E-state index is 13.4. The first-order valence-electron chi connectivity index (χ1n) is 8.34. The van der Waals surface area contributed by atoms with Crippen LogP contribution in [0.15, 0.2) is 36.7 Å². The number of aryl methyl sites for hydroxylation is 1. The van der Waals surface area contributed by atoms with Crippen molar-refractivity contribution in [2.75, 3.05) is 20.3 Å². The van der Waals surface area contributed by atoms with E-state index in [1.807, 2.05) is 0 Å². The molecule has 0 amide bonds. The SMILES string of the molecule is CCOP(=O)(OCC)C(=Cc1cc(C)c(O)c(OC)c1)c1cccnc1. The van der Waals surface area contributed by atoms with Gasteiger partial charge in [-0.2, -0.15) is 0 Å². The summed E-state index contributed by atoms with van der Waals surface area (Å²) in [4.78, 5) is 4.11. The van der Waals surface area contributed by atoms with Crippen molar-refractivity contribution < 1.29 is 23.5 Å². The highest BCUT2D eigenvalue weighted by Crippen LogP contribution is 2.61. The van der Waals surface area contributed by atoms with E-state index in [2.05, 4.69) is 4.98 Å². The van der Waals surface area contributed by atoms with Gasteiger partial charge in [0.2, 0.25) is 0 Å². The van der Waals surface area contributed by atoms with Crippen molar-refractivity contribution in [3.8, 4) is 11.5 Å². The number of phenols is 1. The minimum Gasteiger partial charge on any atom is -0.504 e. The van der Waals surface area contributed by atoms with Gasteiger partial charge in [-0.1, -0.05) is 6.07 Å². The largest absolute Gasteiger partial charge is 0.504 e. The number of aromatic hydroxyl groups is 1. The maximum atomic E-state index is 13.4.